The number of hydrogen-bond donors (Lipinski definition) is 1. The largest absolute Gasteiger partial charge is 0.450 e. The zero-order valence-corrected chi connectivity index (χ0v) is 27.5. The highest BCUT2D eigenvalue weighted by Gasteiger charge is 2.23. The number of nitrogens with one attached hydrogen (secondary N) is 1. The third kappa shape index (κ3) is 15.6. The van der Waals surface area contributed by atoms with Crippen molar-refractivity contribution in [1.29, 1.82) is 0 Å². The molecule has 1 heterocycles. The molecule has 234 valence electrons. The van der Waals surface area contributed by atoms with Crippen LogP contribution in [-0.2, 0) is 23.2 Å². The molecule has 42 heavy (non-hydrogen) atoms. The SMILES string of the molecule is C=C(C)c1cccc(C(C)(C)NC(=O)OCCCCCCCCCCCC[n+]2ccc(CCCCCCCC)cc2)c1. The first-order valence-electron chi connectivity index (χ1n) is 17.0. The lowest BCUT2D eigenvalue weighted by molar-refractivity contribution is -0.697. The minimum Gasteiger partial charge on any atom is -0.450 e. The fourth-order valence-electron chi connectivity index (χ4n) is 5.43. The zero-order valence-electron chi connectivity index (χ0n) is 27.5. The van der Waals surface area contributed by atoms with Gasteiger partial charge >= 0.3 is 6.09 Å². The highest BCUT2D eigenvalue weighted by molar-refractivity contribution is 5.69. The molecule has 2 rings (SSSR count). The molecule has 0 saturated carbocycles. The Balaban J connectivity index is 1.41. The number of aromatic nitrogens is 1. The highest BCUT2D eigenvalue weighted by Crippen LogP contribution is 2.23. The molecule has 4 nitrogen and oxygen atoms in total. The minimum absolute atomic E-state index is 0.348. The van der Waals surface area contributed by atoms with Gasteiger partial charge in [0, 0.05) is 18.6 Å². The van der Waals surface area contributed by atoms with Crippen LogP contribution in [0.1, 0.15) is 147 Å². The fraction of sp³-hybridized carbons (Fsp3) is 0.632. The molecule has 0 radical (unpaired) electrons. The highest BCUT2D eigenvalue weighted by atomic mass is 16.5. The first-order chi connectivity index (χ1) is 20.3. The Bertz CT molecular complexity index is 1010. The van der Waals surface area contributed by atoms with Gasteiger partial charge < -0.3 is 10.1 Å². The molecule has 0 aliphatic heterocycles. The maximum absolute atomic E-state index is 12.3. The van der Waals surface area contributed by atoms with Gasteiger partial charge in [0.25, 0.3) is 0 Å². The van der Waals surface area contributed by atoms with Gasteiger partial charge in [0.1, 0.15) is 6.54 Å². The molecule has 0 atom stereocenters. The van der Waals surface area contributed by atoms with Crippen molar-refractivity contribution in [2.75, 3.05) is 6.61 Å². The summed E-state index contributed by atoms with van der Waals surface area (Å²) in [4.78, 5) is 12.3. The summed E-state index contributed by atoms with van der Waals surface area (Å²) in [5.74, 6) is 0. The molecular weight excluding hydrogens is 516 g/mol. The molecule has 0 unspecified atom stereocenters. The van der Waals surface area contributed by atoms with Gasteiger partial charge in [0.2, 0.25) is 0 Å². The van der Waals surface area contributed by atoms with Gasteiger partial charge in [0.15, 0.2) is 12.4 Å². The second-order valence-electron chi connectivity index (χ2n) is 12.7. The molecule has 2 aromatic rings. The summed E-state index contributed by atoms with van der Waals surface area (Å²) < 4.78 is 7.81. The van der Waals surface area contributed by atoms with Crippen molar-refractivity contribution in [3.05, 3.63) is 72.1 Å². The Hall–Kier alpha value is -2.62. The van der Waals surface area contributed by atoms with E-state index in [1.165, 1.54) is 102 Å². The Morgan fingerprint density at radius 3 is 2.00 bits per heavy atom. The zero-order chi connectivity index (χ0) is 30.5. The van der Waals surface area contributed by atoms with E-state index in [2.05, 4.69) is 54.0 Å². The van der Waals surface area contributed by atoms with E-state index in [9.17, 15) is 4.79 Å². The van der Waals surface area contributed by atoms with E-state index >= 15 is 0 Å². The van der Waals surface area contributed by atoms with Crippen molar-refractivity contribution in [2.45, 2.75) is 149 Å². The van der Waals surface area contributed by atoms with Crippen molar-refractivity contribution in [2.24, 2.45) is 0 Å². The van der Waals surface area contributed by atoms with Crippen LogP contribution in [-0.4, -0.2) is 12.7 Å². The van der Waals surface area contributed by atoms with Gasteiger partial charge in [-0.25, -0.2) is 9.36 Å². The Labute approximate surface area is 258 Å². The second-order valence-corrected chi connectivity index (χ2v) is 12.7. The van der Waals surface area contributed by atoms with Crippen molar-refractivity contribution >= 4 is 11.7 Å². The summed E-state index contributed by atoms with van der Waals surface area (Å²) in [5.41, 5.74) is 4.13. The number of hydrogen-bond acceptors (Lipinski definition) is 2. The predicted octanol–water partition coefficient (Wildman–Crippen LogP) is 10.5. The number of alkyl carbamates (subject to hydrolysis) is 1. The van der Waals surface area contributed by atoms with Crippen LogP contribution in [0.2, 0.25) is 0 Å². The van der Waals surface area contributed by atoms with E-state index in [1.54, 1.807) is 0 Å². The van der Waals surface area contributed by atoms with E-state index in [1.807, 2.05) is 39.0 Å². The monoisotopic (exact) mass is 577 g/mol. The standard InChI is InChI=1S/C38H60N2O2/c1-6-7-8-9-16-19-23-34-26-29-40(30-27-34)28-20-17-14-12-10-11-13-15-18-21-31-42-37(41)39-38(4,5)36-25-22-24-35(32-36)33(2)3/h22,24-27,29-30,32H,2,6-21,23,28,31H2,1,3-5H3/p+1. The summed E-state index contributed by atoms with van der Waals surface area (Å²) >= 11 is 0. The van der Waals surface area contributed by atoms with Crippen molar-refractivity contribution in [3.63, 3.8) is 0 Å². The lowest BCUT2D eigenvalue weighted by atomic mass is 9.92. The van der Waals surface area contributed by atoms with Crippen molar-refractivity contribution in [3.8, 4) is 0 Å². The van der Waals surface area contributed by atoms with Crippen LogP contribution in [0, 0.1) is 0 Å². The van der Waals surface area contributed by atoms with Crippen LogP contribution in [0.15, 0.2) is 55.4 Å². The van der Waals surface area contributed by atoms with Crippen molar-refractivity contribution < 1.29 is 14.1 Å². The lowest BCUT2D eigenvalue weighted by Crippen LogP contribution is -2.41. The van der Waals surface area contributed by atoms with Crippen LogP contribution in [0.25, 0.3) is 5.57 Å². The number of aryl methyl sites for hydroxylation is 2. The van der Waals surface area contributed by atoms with E-state index in [4.69, 9.17) is 4.74 Å². The van der Waals surface area contributed by atoms with Crippen LogP contribution in [0.3, 0.4) is 0 Å². The first-order valence-corrected chi connectivity index (χ1v) is 17.0. The van der Waals surface area contributed by atoms with Gasteiger partial charge in [-0.1, -0.05) is 114 Å². The number of benzene rings is 1. The van der Waals surface area contributed by atoms with Crippen LogP contribution < -0.4 is 9.88 Å². The predicted molar refractivity (Wildman–Crippen MR) is 179 cm³/mol. The van der Waals surface area contributed by atoms with Crippen LogP contribution in [0.4, 0.5) is 4.79 Å². The molecule has 0 aliphatic rings. The minimum atomic E-state index is -0.500. The van der Waals surface area contributed by atoms with Crippen LogP contribution >= 0.6 is 0 Å². The van der Waals surface area contributed by atoms with Gasteiger partial charge in [-0.2, -0.15) is 0 Å². The van der Waals surface area contributed by atoms with Gasteiger partial charge in [-0.15, -0.1) is 0 Å². The first kappa shape index (κ1) is 35.6. The number of pyridine rings is 1. The molecule has 1 amide bonds. The van der Waals surface area contributed by atoms with E-state index in [-0.39, 0.29) is 6.09 Å². The third-order valence-corrected chi connectivity index (χ3v) is 8.31. The maximum atomic E-state index is 12.3. The quantitative estimate of drug-likeness (QED) is 0.105. The second kappa shape index (κ2) is 21.1. The molecule has 0 fully saturated rings. The van der Waals surface area contributed by atoms with Gasteiger partial charge in [-0.3, -0.25) is 0 Å². The number of ether oxygens (including phenoxy) is 1. The number of rotatable bonds is 23. The number of unbranched alkanes of at least 4 members (excludes halogenated alkanes) is 14. The number of amides is 1. The van der Waals surface area contributed by atoms with Crippen LogP contribution in [0.5, 0.6) is 0 Å². The molecule has 1 aromatic heterocycles. The average molecular weight is 578 g/mol. The molecule has 0 bridgehead atoms. The van der Waals surface area contributed by atoms with Gasteiger partial charge in [-0.05, 0) is 69.2 Å². The smallest absolute Gasteiger partial charge is 0.407 e. The molecule has 0 aliphatic carbocycles. The summed E-state index contributed by atoms with van der Waals surface area (Å²) in [6.07, 6.45) is 26.1. The third-order valence-electron chi connectivity index (χ3n) is 8.31. The number of carbonyl (C=O) groups is 1. The Kier molecular flexibility index (Phi) is 17.9. The number of carbonyl (C=O) groups excluding carboxylic acids is 1. The van der Waals surface area contributed by atoms with E-state index in [0.717, 1.165) is 36.1 Å². The maximum Gasteiger partial charge on any atom is 0.407 e. The summed E-state index contributed by atoms with van der Waals surface area (Å²) in [7, 11) is 0. The number of allylic oxidation sites excluding steroid dienone is 1. The molecule has 0 spiro atoms. The summed E-state index contributed by atoms with van der Waals surface area (Å²) in [6, 6.07) is 12.8. The Morgan fingerprint density at radius 1 is 0.810 bits per heavy atom. The molecule has 4 heteroatoms. The van der Waals surface area contributed by atoms with Crippen molar-refractivity contribution in [1.82, 2.24) is 5.32 Å². The molecule has 0 saturated heterocycles. The van der Waals surface area contributed by atoms with E-state index in [0.29, 0.717) is 6.61 Å². The van der Waals surface area contributed by atoms with Gasteiger partial charge in [0.05, 0.1) is 12.1 Å². The summed E-state index contributed by atoms with van der Waals surface area (Å²) in [5, 5.41) is 3.01. The Morgan fingerprint density at radius 2 is 1.38 bits per heavy atom. The molecule has 1 aromatic carbocycles. The number of nitrogens with zero attached hydrogens (tertiary/aromatic N) is 1. The average Bonchev–Trinajstić information content (AvgIpc) is 2.97. The normalized spacial score (nSPS) is 11.4. The van der Waals surface area contributed by atoms with E-state index < -0.39 is 5.54 Å². The fourth-order valence-corrected chi connectivity index (χ4v) is 5.43. The summed E-state index contributed by atoms with van der Waals surface area (Å²) in [6.45, 7) is 13.9. The molecular formula is C38H61N2O2+. The topological polar surface area (TPSA) is 42.2 Å². The lowest BCUT2D eigenvalue weighted by Gasteiger charge is -2.27. The molecule has 1 N–H and O–H groups in total.